The summed E-state index contributed by atoms with van der Waals surface area (Å²) >= 11 is 4.00. The smallest absolute Gasteiger partial charge is 0.0594 e. The topological polar surface area (TPSA) is 60.7 Å². The van der Waals surface area contributed by atoms with Gasteiger partial charge in [-0.1, -0.05) is 162 Å². The second-order valence-corrected chi connectivity index (χ2v) is 30.6. The third-order valence-electron chi connectivity index (χ3n) is 24.2. The summed E-state index contributed by atoms with van der Waals surface area (Å²) in [6.45, 7) is 41.2. The van der Waals surface area contributed by atoms with Gasteiger partial charge in [0.05, 0.1) is 17.8 Å². The number of hydrogen-bond acceptors (Lipinski definition) is 3. The molecule has 0 bridgehead atoms. The van der Waals surface area contributed by atoms with Gasteiger partial charge in [0.1, 0.15) is 0 Å². The molecule has 0 heterocycles. The molecule has 0 spiro atoms. The molecule has 0 radical (unpaired) electrons. The maximum absolute atomic E-state index is 10.8. The van der Waals surface area contributed by atoms with Crippen molar-refractivity contribution < 1.29 is 15.3 Å². The molecule has 0 aliphatic heterocycles. The molecule has 8 aliphatic carbocycles. The van der Waals surface area contributed by atoms with Crippen LogP contribution in [0, 0.1) is 84.2 Å². The maximum Gasteiger partial charge on any atom is 0.0594 e. The van der Waals surface area contributed by atoms with E-state index in [2.05, 4.69) is 120 Å². The van der Waals surface area contributed by atoms with E-state index in [4.69, 9.17) is 0 Å². The van der Waals surface area contributed by atoms with Gasteiger partial charge in [0.15, 0.2) is 0 Å². The SMILES string of the molecule is C.C[C@H](CCC(Br)C(C)(C)C)[C@H]1CC[C@@]2(C)C3=C(CC[C@]12C)[C@@]1(C)CC[C@H](O)C(C)(C)[C@@H]1CC3.C[C@H](CCCC(C)(C)O)[C@H]1CC[C@@]2(C)C3=C(CC[C@]12C)[C@@]1(C)CC[C@H](O)C(C)(C)[C@@H]1CC3. The second kappa shape index (κ2) is 18.4. The number of alkyl halides is 1. The van der Waals surface area contributed by atoms with E-state index >= 15 is 0 Å². The molecular weight excluding hydrogens is 873 g/mol. The summed E-state index contributed by atoms with van der Waals surface area (Å²) in [6, 6.07) is 0. The Morgan fingerprint density at radius 3 is 1.30 bits per heavy atom. The molecule has 4 fully saturated rings. The summed E-state index contributed by atoms with van der Waals surface area (Å²) in [4.78, 5) is 0.606. The van der Waals surface area contributed by atoms with Crippen molar-refractivity contribution in [3.63, 3.8) is 0 Å². The van der Waals surface area contributed by atoms with Crippen LogP contribution in [0.3, 0.4) is 0 Å². The predicted octanol–water partition coefficient (Wildman–Crippen LogP) is 17.6. The summed E-state index contributed by atoms with van der Waals surface area (Å²) in [5.74, 6) is 4.44. The number of halogens is 1. The lowest BCUT2D eigenvalue weighted by Crippen LogP contribution is -2.55. The Hall–Kier alpha value is -0.160. The van der Waals surface area contributed by atoms with Crippen molar-refractivity contribution in [2.45, 2.75) is 283 Å². The van der Waals surface area contributed by atoms with Crippen molar-refractivity contribution in [1.29, 1.82) is 0 Å². The molecule has 0 aromatic heterocycles. The zero-order valence-corrected chi connectivity index (χ0v) is 47.4. The summed E-state index contributed by atoms with van der Waals surface area (Å²) in [7, 11) is 0. The van der Waals surface area contributed by atoms with Crippen LogP contribution in [0.5, 0.6) is 0 Å². The van der Waals surface area contributed by atoms with Crippen LogP contribution in [0.4, 0.5) is 0 Å². The minimum atomic E-state index is -0.534. The average Bonchev–Trinajstić information content (AvgIpc) is 3.65. The highest BCUT2D eigenvalue weighted by molar-refractivity contribution is 9.09. The molecule has 8 rings (SSSR count). The molecule has 66 heavy (non-hydrogen) atoms. The quantitative estimate of drug-likeness (QED) is 0.159. The minimum Gasteiger partial charge on any atom is -0.393 e. The van der Waals surface area contributed by atoms with E-state index in [9.17, 15) is 15.3 Å². The molecule has 1 unspecified atom stereocenters. The van der Waals surface area contributed by atoms with Crippen LogP contribution >= 0.6 is 15.9 Å². The number of rotatable bonds is 9. The molecule has 0 saturated heterocycles. The molecule has 0 aromatic rings. The summed E-state index contributed by atoms with van der Waals surface area (Å²) < 4.78 is 0. The van der Waals surface area contributed by atoms with Gasteiger partial charge in [-0.3, -0.25) is 0 Å². The summed E-state index contributed by atoms with van der Waals surface area (Å²) in [5, 5.41) is 31.8. The standard InChI is InChI=1S/C31H53BrO.C30H52O2.CH4/c1-20(10-13-25(32)27(2,3)4)21-14-18-31(9)23-11-12-24-28(5,6)26(33)16-17-29(24,7)22(23)15-19-30(21,31)8;1-20(10-9-16-26(2,3)32)21-13-18-30(8)23-11-12-24-27(4,5)25(31)15-17-28(24,6)22(23)14-19-29(21,30)7;/h20-21,24-26,33H,10-19H2,1-9H3;20-21,24-25,31-32H,9-19H2,1-8H3;1H4/t20-,21-,24+,25?,26+,29-,30-,31+;20-,21-,24+,25+,28-,29-,30+;/m11./s1. The predicted molar refractivity (Wildman–Crippen MR) is 287 cm³/mol. The van der Waals surface area contributed by atoms with Crippen LogP contribution in [-0.4, -0.2) is 38.0 Å². The van der Waals surface area contributed by atoms with Crippen molar-refractivity contribution in [3.05, 3.63) is 22.3 Å². The average molecular weight is 982 g/mol. The van der Waals surface area contributed by atoms with Gasteiger partial charge in [0.25, 0.3) is 0 Å². The van der Waals surface area contributed by atoms with E-state index in [1.165, 1.54) is 109 Å². The molecule has 15 atom stereocenters. The fourth-order valence-corrected chi connectivity index (χ4v) is 19.6. The van der Waals surface area contributed by atoms with E-state index in [1.54, 1.807) is 0 Å². The molecule has 382 valence electrons. The van der Waals surface area contributed by atoms with Gasteiger partial charge in [0.2, 0.25) is 0 Å². The number of allylic oxidation sites excluding steroid dienone is 4. The highest BCUT2D eigenvalue weighted by atomic mass is 79.9. The minimum absolute atomic E-state index is 0. The molecule has 4 saturated carbocycles. The molecule has 8 aliphatic rings. The molecular formula is C62H109BrO3. The van der Waals surface area contributed by atoms with Gasteiger partial charge < -0.3 is 15.3 Å². The van der Waals surface area contributed by atoms with Crippen LogP contribution in [-0.2, 0) is 0 Å². The molecule has 3 nitrogen and oxygen atoms in total. The number of aliphatic hydroxyl groups is 3. The fraction of sp³-hybridized carbons (Fsp3) is 0.935. The van der Waals surface area contributed by atoms with Crippen LogP contribution in [0.1, 0.15) is 260 Å². The van der Waals surface area contributed by atoms with Gasteiger partial charge in [-0.15, -0.1) is 0 Å². The van der Waals surface area contributed by atoms with E-state index in [-0.39, 0.29) is 35.9 Å². The molecule has 0 amide bonds. The van der Waals surface area contributed by atoms with Gasteiger partial charge in [-0.05, 0) is 220 Å². The molecule has 3 N–H and O–H groups in total. The summed E-state index contributed by atoms with van der Waals surface area (Å²) in [6.07, 6.45) is 25.9. The Kier molecular flexibility index (Phi) is 15.4. The third-order valence-corrected chi connectivity index (χ3v) is 26.1. The lowest BCUT2D eigenvalue weighted by molar-refractivity contribution is -0.0962. The van der Waals surface area contributed by atoms with Crippen LogP contribution < -0.4 is 0 Å². The highest BCUT2D eigenvalue weighted by Crippen LogP contribution is 2.74. The highest BCUT2D eigenvalue weighted by Gasteiger charge is 2.65. The first-order valence-corrected chi connectivity index (χ1v) is 28.9. The van der Waals surface area contributed by atoms with E-state index in [1.807, 2.05) is 36.1 Å². The van der Waals surface area contributed by atoms with Crippen molar-refractivity contribution in [3.8, 4) is 0 Å². The summed E-state index contributed by atoms with van der Waals surface area (Å²) in [5.41, 5.74) is 9.46. The Morgan fingerprint density at radius 2 is 0.924 bits per heavy atom. The van der Waals surface area contributed by atoms with Gasteiger partial charge in [0, 0.05) is 4.83 Å². The molecule has 0 aromatic carbocycles. The Morgan fingerprint density at radius 1 is 0.530 bits per heavy atom. The fourth-order valence-electron chi connectivity index (χ4n) is 19.4. The van der Waals surface area contributed by atoms with Gasteiger partial charge >= 0.3 is 0 Å². The van der Waals surface area contributed by atoms with Crippen molar-refractivity contribution >= 4 is 15.9 Å². The van der Waals surface area contributed by atoms with Gasteiger partial charge in [-0.25, -0.2) is 0 Å². The number of hydrogen-bond donors (Lipinski definition) is 3. The zero-order chi connectivity index (χ0) is 48.4. The van der Waals surface area contributed by atoms with Crippen LogP contribution in [0.2, 0.25) is 0 Å². The second-order valence-electron chi connectivity index (χ2n) is 29.5. The normalized spacial score (nSPS) is 44.0. The third kappa shape index (κ3) is 8.74. The monoisotopic (exact) mass is 981 g/mol. The van der Waals surface area contributed by atoms with Crippen LogP contribution in [0.15, 0.2) is 22.3 Å². The Balaban J connectivity index is 0.000000215. The lowest BCUT2D eigenvalue weighted by atomic mass is 9.43. The maximum atomic E-state index is 10.8. The van der Waals surface area contributed by atoms with E-state index < -0.39 is 5.60 Å². The lowest BCUT2D eigenvalue weighted by Gasteiger charge is -2.62. The van der Waals surface area contributed by atoms with Crippen molar-refractivity contribution in [2.75, 3.05) is 0 Å². The number of aliphatic hydroxyl groups excluding tert-OH is 2. The first-order chi connectivity index (χ1) is 29.8. The van der Waals surface area contributed by atoms with E-state index in [0.717, 1.165) is 49.4 Å². The Labute approximate surface area is 418 Å². The van der Waals surface area contributed by atoms with E-state index in [0.29, 0.717) is 49.2 Å². The largest absolute Gasteiger partial charge is 0.393 e. The van der Waals surface area contributed by atoms with Crippen LogP contribution in [0.25, 0.3) is 0 Å². The Bertz CT molecular complexity index is 1810. The van der Waals surface area contributed by atoms with Crippen molar-refractivity contribution in [2.24, 2.45) is 84.2 Å². The van der Waals surface area contributed by atoms with Gasteiger partial charge in [-0.2, -0.15) is 0 Å². The molecule has 4 heteroatoms. The first-order valence-electron chi connectivity index (χ1n) is 27.9. The first kappa shape index (κ1) is 55.2. The zero-order valence-electron chi connectivity index (χ0n) is 45.8. The van der Waals surface area contributed by atoms with Crippen molar-refractivity contribution in [1.82, 2.24) is 0 Å². The number of fused-ring (bicyclic) bond motifs is 8.